The van der Waals surface area contributed by atoms with Gasteiger partial charge in [-0.25, -0.2) is 4.98 Å². The molecule has 6 nitrogen and oxygen atoms in total. The third-order valence-corrected chi connectivity index (χ3v) is 4.31. The minimum absolute atomic E-state index is 0.0586. The van der Waals surface area contributed by atoms with Crippen LogP contribution in [0.2, 0.25) is 0 Å². The maximum absolute atomic E-state index is 12.1. The second kappa shape index (κ2) is 7.01. The number of anilines is 1. The summed E-state index contributed by atoms with van der Waals surface area (Å²) in [6.45, 7) is 0. The number of amides is 1. The van der Waals surface area contributed by atoms with Crippen molar-refractivity contribution in [2.24, 2.45) is 0 Å². The van der Waals surface area contributed by atoms with Crippen LogP contribution in [0.4, 0.5) is 10.8 Å². The van der Waals surface area contributed by atoms with Crippen molar-refractivity contribution in [1.82, 2.24) is 4.98 Å². The van der Waals surface area contributed by atoms with Gasteiger partial charge in [-0.3, -0.25) is 14.9 Å². The monoisotopic (exact) mass is 339 g/mol. The van der Waals surface area contributed by atoms with Crippen LogP contribution >= 0.6 is 11.3 Å². The molecule has 0 saturated heterocycles. The van der Waals surface area contributed by atoms with Gasteiger partial charge in [0.1, 0.15) is 0 Å². The molecule has 0 radical (unpaired) electrons. The number of hydrogen-bond donors (Lipinski definition) is 1. The summed E-state index contributed by atoms with van der Waals surface area (Å²) >= 11 is 1.36. The number of rotatable bonds is 5. The molecule has 1 N–H and O–H groups in total. The third kappa shape index (κ3) is 3.64. The van der Waals surface area contributed by atoms with Crippen molar-refractivity contribution >= 4 is 28.1 Å². The van der Waals surface area contributed by atoms with Gasteiger partial charge in [0.05, 0.1) is 16.2 Å². The summed E-state index contributed by atoms with van der Waals surface area (Å²) in [5.41, 5.74) is 1.34. The molecule has 0 atom stereocenters. The summed E-state index contributed by atoms with van der Waals surface area (Å²) in [7, 11) is 0. The zero-order valence-corrected chi connectivity index (χ0v) is 13.3. The molecular weight excluding hydrogens is 326 g/mol. The van der Waals surface area contributed by atoms with Gasteiger partial charge in [0.25, 0.3) is 5.69 Å². The van der Waals surface area contributed by atoms with Crippen LogP contribution in [0.3, 0.4) is 0 Å². The van der Waals surface area contributed by atoms with Gasteiger partial charge < -0.3 is 5.32 Å². The highest BCUT2D eigenvalue weighted by Crippen LogP contribution is 2.28. The van der Waals surface area contributed by atoms with E-state index in [9.17, 15) is 14.9 Å². The Morgan fingerprint density at radius 1 is 1.12 bits per heavy atom. The lowest BCUT2D eigenvalue weighted by molar-refractivity contribution is -0.385. The summed E-state index contributed by atoms with van der Waals surface area (Å²) in [6.07, 6.45) is 1.62. The number of para-hydroxylation sites is 1. The van der Waals surface area contributed by atoms with Gasteiger partial charge in [0.15, 0.2) is 5.13 Å². The van der Waals surface area contributed by atoms with E-state index < -0.39 is 4.92 Å². The van der Waals surface area contributed by atoms with E-state index >= 15 is 0 Å². The Hall–Kier alpha value is -3.06. The molecule has 7 heteroatoms. The molecule has 0 unspecified atom stereocenters. The quantitative estimate of drug-likeness (QED) is 0.564. The van der Waals surface area contributed by atoms with E-state index in [-0.39, 0.29) is 18.0 Å². The smallest absolute Gasteiger partial charge is 0.273 e. The largest absolute Gasteiger partial charge is 0.302 e. The molecule has 0 aliphatic rings. The Labute approximate surface area is 141 Å². The van der Waals surface area contributed by atoms with E-state index in [1.165, 1.54) is 17.4 Å². The summed E-state index contributed by atoms with van der Waals surface area (Å²) in [6, 6.07) is 15.9. The van der Waals surface area contributed by atoms with Crippen molar-refractivity contribution in [3.05, 3.63) is 76.5 Å². The maximum Gasteiger partial charge on any atom is 0.273 e. The van der Waals surface area contributed by atoms with E-state index in [1.54, 1.807) is 24.4 Å². The third-order valence-electron chi connectivity index (χ3n) is 3.35. The minimum atomic E-state index is -0.487. The first-order valence-corrected chi connectivity index (χ1v) is 7.98. The Morgan fingerprint density at radius 3 is 2.58 bits per heavy atom. The molecule has 120 valence electrons. The molecule has 24 heavy (non-hydrogen) atoms. The molecule has 0 aliphatic heterocycles. The average Bonchev–Trinajstić information content (AvgIpc) is 3.04. The zero-order chi connectivity index (χ0) is 16.9. The molecule has 3 rings (SSSR count). The van der Waals surface area contributed by atoms with E-state index in [0.29, 0.717) is 10.7 Å². The first kappa shape index (κ1) is 15.8. The average molecular weight is 339 g/mol. The standard InChI is InChI=1S/C17H13N3O3S/c21-16(10-13-8-4-5-9-14(13)20(22)23)19-17-18-11-15(24-17)12-6-2-1-3-7-12/h1-9,11H,10H2,(H,18,19,21). The SMILES string of the molecule is O=C(Cc1ccccc1[N+](=O)[O-])Nc1ncc(-c2ccccc2)s1. The number of carbonyl (C=O) groups excluding carboxylic acids is 1. The first-order chi connectivity index (χ1) is 11.6. The van der Waals surface area contributed by atoms with Crippen LogP contribution in [-0.4, -0.2) is 15.8 Å². The first-order valence-electron chi connectivity index (χ1n) is 7.17. The van der Waals surface area contributed by atoms with Crippen LogP contribution in [0.1, 0.15) is 5.56 Å². The van der Waals surface area contributed by atoms with Crippen LogP contribution in [-0.2, 0) is 11.2 Å². The maximum atomic E-state index is 12.1. The van der Waals surface area contributed by atoms with Crippen molar-refractivity contribution < 1.29 is 9.72 Å². The summed E-state index contributed by atoms with van der Waals surface area (Å²) in [4.78, 5) is 27.8. The highest BCUT2D eigenvalue weighted by Gasteiger charge is 2.16. The van der Waals surface area contributed by atoms with Crippen molar-refractivity contribution in [2.75, 3.05) is 5.32 Å². The molecule has 3 aromatic rings. The highest BCUT2D eigenvalue weighted by atomic mass is 32.1. The van der Waals surface area contributed by atoms with Crippen LogP contribution in [0.5, 0.6) is 0 Å². The normalized spacial score (nSPS) is 10.3. The van der Waals surface area contributed by atoms with Gasteiger partial charge in [0, 0.05) is 17.8 Å². The Kier molecular flexibility index (Phi) is 4.62. The van der Waals surface area contributed by atoms with E-state index in [2.05, 4.69) is 10.3 Å². The van der Waals surface area contributed by atoms with Crippen molar-refractivity contribution in [1.29, 1.82) is 0 Å². The second-order valence-corrected chi connectivity index (χ2v) is 6.04. The molecule has 0 fully saturated rings. The molecule has 0 bridgehead atoms. The number of nitrogens with one attached hydrogen (secondary N) is 1. The van der Waals surface area contributed by atoms with Gasteiger partial charge in [-0.05, 0) is 5.56 Å². The van der Waals surface area contributed by atoms with Crippen molar-refractivity contribution in [3.63, 3.8) is 0 Å². The summed E-state index contributed by atoms with van der Waals surface area (Å²) in [5.74, 6) is -0.335. The van der Waals surface area contributed by atoms with Crippen LogP contribution in [0.15, 0.2) is 60.8 Å². The molecule has 1 amide bonds. The molecule has 1 heterocycles. The number of thiazole rings is 1. The second-order valence-electron chi connectivity index (χ2n) is 5.01. The van der Waals surface area contributed by atoms with Gasteiger partial charge >= 0.3 is 0 Å². The number of hydrogen-bond acceptors (Lipinski definition) is 5. The molecule has 1 aromatic heterocycles. The van der Waals surface area contributed by atoms with Crippen LogP contribution in [0, 0.1) is 10.1 Å². The van der Waals surface area contributed by atoms with Crippen LogP contribution in [0.25, 0.3) is 10.4 Å². The number of nitro groups is 1. The number of carbonyl (C=O) groups is 1. The van der Waals surface area contributed by atoms with E-state index in [4.69, 9.17) is 0 Å². The molecule has 0 aliphatic carbocycles. The zero-order valence-electron chi connectivity index (χ0n) is 12.5. The number of nitrogens with zero attached hydrogens (tertiary/aromatic N) is 2. The van der Waals surface area contributed by atoms with Gasteiger partial charge in [-0.1, -0.05) is 59.9 Å². The van der Waals surface area contributed by atoms with Gasteiger partial charge in [-0.15, -0.1) is 0 Å². The predicted octanol–water partition coefficient (Wildman–Crippen LogP) is 3.90. The fourth-order valence-electron chi connectivity index (χ4n) is 2.24. The van der Waals surface area contributed by atoms with E-state index in [1.807, 2.05) is 30.3 Å². The van der Waals surface area contributed by atoms with Crippen molar-refractivity contribution in [2.45, 2.75) is 6.42 Å². The lowest BCUT2D eigenvalue weighted by Crippen LogP contribution is -2.15. The topological polar surface area (TPSA) is 85.1 Å². The minimum Gasteiger partial charge on any atom is -0.302 e. The summed E-state index contributed by atoms with van der Waals surface area (Å²) < 4.78 is 0. The predicted molar refractivity (Wildman–Crippen MR) is 93.0 cm³/mol. The molecule has 0 saturated carbocycles. The number of aromatic nitrogens is 1. The number of nitro benzene ring substituents is 1. The Bertz CT molecular complexity index is 878. The molecule has 0 spiro atoms. The fraction of sp³-hybridized carbons (Fsp3) is 0.0588. The fourth-order valence-corrected chi connectivity index (χ4v) is 3.08. The van der Waals surface area contributed by atoms with E-state index in [0.717, 1.165) is 10.4 Å². The lowest BCUT2D eigenvalue weighted by atomic mass is 10.1. The summed E-state index contributed by atoms with van der Waals surface area (Å²) in [5, 5.41) is 14.1. The highest BCUT2D eigenvalue weighted by molar-refractivity contribution is 7.19. The number of benzene rings is 2. The van der Waals surface area contributed by atoms with Gasteiger partial charge in [-0.2, -0.15) is 0 Å². The van der Waals surface area contributed by atoms with Crippen LogP contribution < -0.4 is 5.32 Å². The van der Waals surface area contributed by atoms with Gasteiger partial charge in [0.2, 0.25) is 5.91 Å². The molecule has 2 aromatic carbocycles. The molecular formula is C17H13N3O3S. The Morgan fingerprint density at radius 2 is 1.83 bits per heavy atom. The Balaban J connectivity index is 1.70. The lowest BCUT2D eigenvalue weighted by Gasteiger charge is -2.03. The van der Waals surface area contributed by atoms with Crippen molar-refractivity contribution in [3.8, 4) is 10.4 Å².